The van der Waals surface area contributed by atoms with Crippen molar-refractivity contribution < 1.29 is 0 Å². The van der Waals surface area contributed by atoms with Crippen LogP contribution in [0, 0.1) is 0 Å². The van der Waals surface area contributed by atoms with Crippen LogP contribution < -0.4 is 10.6 Å². The van der Waals surface area contributed by atoms with E-state index in [4.69, 9.17) is 46.4 Å². The summed E-state index contributed by atoms with van der Waals surface area (Å²) in [4.78, 5) is -1.65. The van der Waals surface area contributed by atoms with Crippen LogP contribution in [0.3, 0.4) is 0 Å². The molecule has 0 aromatic heterocycles. The monoisotopic (exact) mass is 338 g/mol. The van der Waals surface area contributed by atoms with Gasteiger partial charge in [-0.05, 0) is 12.2 Å². The molecule has 0 heterocycles. The highest BCUT2D eigenvalue weighted by Gasteiger charge is 2.35. The summed E-state index contributed by atoms with van der Waals surface area (Å²) < 4.78 is 0. The first-order valence-corrected chi connectivity index (χ1v) is 7.47. The molecular formula is C13H14Cl4N2. The lowest BCUT2D eigenvalue weighted by atomic mass is 10.1. The Hall–Kier alpha value is 0.0400. The maximum Gasteiger partial charge on any atom is 0.133 e. The Kier molecular flexibility index (Phi) is 5.04. The molecule has 2 aliphatic rings. The first-order valence-electron chi connectivity index (χ1n) is 5.84. The van der Waals surface area contributed by atoms with Crippen LogP contribution in [0.15, 0.2) is 48.6 Å². The number of allylic oxidation sites excluding steroid dienone is 4. The van der Waals surface area contributed by atoms with E-state index in [2.05, 4.69) is 10.6 Å². The van der Waals surface area contributed by atoms with Crippen molar-refractivity contribution in [3.8, 4) is 0 Å². The Bertz CT molecular complexity index is 406. The van der Waals surface area contributed by atoms with Gasteiger partial charge < -0.3 is 0 Å². The van der Waals surface area contributed by atoms with Gasteiger partial charge in [-0.3, -0.25) is 10.6 Å². The van der Waals surface area contributed by atoms with Gasteiger partial charge in [0.15, 0.2) is 0 Å². The molecule has 104 valence electrons. The van der Waals surface area contributed by atoms with Gasteiger partial charge in [0.2, 0.25) is 0 Å². The van der Waals surface area contributed by atoms with E-state index in [-0.39, 0.29) is 10.8 Å². The third-order valence-electron chi connectivity index (χ3n) is 2.98. The van der Waals surface area contributed by atoms with Crippen molar-refractivity contribution in [1.82, 2.24) is 10.6 Å². The van der Waals surface area contributed by atoms with Crippen LogP contribution in [0.1, 0.15) is 0 Å². The van der Waals surface area contributed by atoms with Crippen LogP contribution in [0.25, 0.3) is 0 Å². The van der Waals surface area contributed by atoms with E-state index >= 15 is 0 Å². The van der Waals surface area contributed by atoms with Crippen LogP contribution in [-0.4, -0.2) is 27.4 Å². The second-order valence-corrected chi connectivity index (χ2v) is 6.55. The van der Waals surface area contributed by atoms with Gasteiger partial charge in [0.25, 0.3) is 0 Å². The van der Waals surface area contributed by atoms with Crippen molar-refractivity contribution in [3.05, 3.63) is 48.6 Å². The number of nitrogens with one attached hydrogen (secondary N) is 2. The molecule has 0 aliphatic heterocycles. The van der Waals surface area contributed by atoms with E-state index < -0.39 is 10.00 Å². The van der Waals surface area contributed by atoms with Gasteiger partial charge in [0, 0.05) is 6.67 Å². The Balaban J connectivity index is 1.90. The van der Waals surface area contributed by atoms with Crippen molar-refractivity contribution >= 4 is 46.4 Å². The number of hydrogen-bond acceptors (Lipinski definition) is 2. The highest BCUT2D eigenvalue weighted by Crippen LogP contribution is 2.29. The molecule has 0 fully saturated rings. The van der Waals surface area contributed by atoms with Gasteiger partial charge in [-0.25, -0.2) is 0 Å². The summed E-state index contributed by atoms with van der Waals surface area (Å²) in [6.45, 7) is 0.371. The fraction of sp³-hybridized carbons (Fsp3) is 0.385. The second kappa shape index (κ2) is 6.21. The Morgan fingerprint density at radius 1 is 0.789 bits per heavy atom. The number of hydrogen-bond donors (Lipinski definition) is 2. The number of alkyl halides is 4. The average Bonchev–Trinajstić information content (AvgIpc) is 2.37. The quantitative estimate of drug-likeness (QED) is 0.465. The van der Waals surface area contributed by atoms with E-state index in [0.29, 0.717) is 6.67 Å². The lowest BCUT2D eigenvalue weighted by Gasteiger charge is -2.34. The fourth-order valence-electron chi connectivity index (χ4n) is 1.81. The predicted octanol–water partition coefficient (Wildman–Crippen LogP) is 3.46. The average molecular weight is 340 g/mol. The number of halogens is 4. The molecule has 0 spiro atoms. The maximum absolute atomic E-state index is 6.40. The van der Waals surface area contributed by atoms with Gasteiger partial charge in [-0.15, -0.1) is 23.2 Å². The van der Waals surface area contributed by atoms with Crippen LogP contribution in [-0.2, 0) is 0 Å². The largest absolute Gasteiger partial charge is 0.281 e. The lowest BCUT2D eigenvalue weighted by Crippen LogP contribution is -2.55. The van der Waals surface area contributed by atoms with E-state index in [1.807, 2.05) is 48.6 Å². The van der Waals surface area contributed by atoms with E-state index in [1.54, 1.807) is 0 Å². The normalized spacial score (nSPS) is 40.8. The lowest BCUT2D eigenvalue weighted by molar-refractivity contribution is 0.451. The molecule has 0 bridgehead atoms. The summed E-state index contributed by atoms with van der Waals surface area (Å²) in [5.74, 6) is 0. The molecule has 2 rings (SSSR count). The Morgan fingerprint density at radius 2 is 1.21 bits per heavy atom. The molecule has 0 aromatic carbocycles. The standard InChI is InChI=1S/C13H14Cl4N2/c14-10-5-1-3-7-12(10,16)18-9-19-13(17)8-4-2-6-11(13)15/h1-8,10-11,18-19H,9H2. The SMILES string of the molecule is ClC1C=CC=CC1(Cl)NCNC1(Cl)C=CC=CC1Cl. The van der Waals surface area contributed by atoms with Gasteiger partial charge in [-0.2, -0.15) is 0 Å². The van der Waals surface area contributed by atoms with Crippen molar-refractivity contribution in [3.63, 3.8) is 0 Å². The topological polar surface area (TPSA) is 24.1 Å². The summed E-state index contributed by atoms with van der Waals surface area (Å²) in [7, 11) is 0. The summed E-state index contributed by atoms with van der Waals surface area (Å²) >= 11 is 25.1. The summed E-state index contributed by atoms with van der Waals surface area (Å²) in [5, 5.41) is 5.58. The van der Waals surface area contributed by atoms with Gasteiger partial charge in [0.1, 0.15) is 10.00 Å². The fourth-order valence-corrected chi connectivity index (χ4v) is 2.70. The van der Waals surface area contributed by atoms with E-state index in [0.717, 1.165) is 0 Å². The molecule has 0 saturated heterocycles. The minimum atomic E-state index is -0.827. The summed E-state index contributed by atoms with van der Waals surface area (Å²) in [6.07, 6.45) is 14.7. The molecule has 6 heteroatoms. The van der Waals surface area contributed by atoms with Crippen molar-refractivity contribution in [1.29, 1.82) is 0 Å². The third kappa shape index (κ3) is 3.57. The van der Waals surface area contributed by atoms with Crippen LogP contribution >= 0.6 is 46.4 Å². The zero-order valence-corrected chi connectivity index (χ0v) is 13.0. The van der Waals surface area contributed by atoms with Crippen LogP contribution in [0.5, 0.6) is 0 Å². The smallest absolute Gasteiger partial charge is 0.133 e. The number of rotatable bonds is 4. The Labute approximate surface area is 133 Å². The third-order valence-corrected chi connectivity index (χ3v) is 5.17. The van der Waals surface area contributed by atoms with Gasteiger partial charge >= 0.3 is 0 Å². The molecule has 19 heavy (non-hydrogen) atoms. The highest BCUT2D eigenvalue weighted by molar-refractivity contribution is 6.35. The minimum Gasteiger partial charge on any atom is -0.281 e. The van der Waals surface area contributed by atoms with E-state index in [1.165, 1.54) is 0 Å². The zero-order valence-electron chi connectivity index (χ0n) is 9.99. The first-order chi connectivity index (χ1) is 8.96. The van der Waals surface area contributed by atoms with E-state index in [9.17, 15) is 0 Å². The summed E-state index contributed by atoms with van der Waals surface area (Å²) in [5.41, 5.74) is 0. The summed E-state index contributed by atoms with van der Waals surface area (Å²) in [6, 6.07) is 0. The molecule has 0 saturated carbocycles. The van der Waals surface area contributed by atoms with Crippen molar-refractivity contribution in [2.75, 3.05) is 6.67 Å². The Morgan fingerprint density at radius 3 is 1.58 bits per heavy atom. The molecular weight excluding hydrogens is 326 g/mol. The zero-order chi connectivity index (χ0) is 13.9. The van der Waals surface area contributed by atoms with Crippen molar-refractivity contribution in [2.45, 2.75) is 20.8 Å². The first kappa shape index (κ1) is 15.4. The molecule has 2 aliphatic carbocycles. The highest BCUT2D eigenvalue weighted by atomic mass is 35.5. The molecule has 2 N–H and O–H groups in total. The molecule has 4 atom stereocenters. The van der Waals surface area contributed by atoms with Crippen LogP contribution in [0.4, 0.5) is 0 Å². The molecule has 2 nitrogen and oxygen atoms in total. The predicted molar refractivity (Wildman–Crippen MR) is 84.1 cm³/mol. The molecule has 0 aromatic rings. The van der Waals surface area contributed by atoms with Crippen molar-refractivity contribution in [2.24, 2.45) is 0 Å². The van der Waals surface area contributed by atoms with Crippen LogP contribution in [0.2, 0.25) is 0 Å². The maximum atomic E-state index is 6.40. The molecule has 4 unspecified atom stereocenters. The minimum absolute atomic E-state index is 0.333. The molecule has 0 amide bonds. The molecule has 0 radical (unpaired) electrons. The second-order valence-electron chi connectivity index (χ2n) is 4.36. The van der Waals surface area contributed by atoms with Gasteiger partial charge in [-0.1, -0.05) is 59.7 Å². The van der Waals surface area contributed by atoms with Gasteiger partial charge in [0.05, 0.1) is 10.8 Å².